The maximum Gasteiger partial charge on any atom is 0.284 e. The number of halogens is 2. The van der Waals surface area contributed by atoms with Crippen LogP contribution in [0.25, 0.3) is 0 Å². The smallest absolute Gasteiger partial charge is 0.284 e. The van der Waals surface area contributed by atoms with Gasteiger partial charge < -0.3 is 5.73 Å². The zero-order valence-corrected chi connectivity index (χ0v) is 8.07. The van der Waals surface area contributed by atoms with Gasteiger partial charge in [0.15, 0.2) is 0 Å². The van der Waals surface area contributed by atoms with Gasteiger partial charge in [-0.3, -0.25) is 0 Å². The van der Waals surface area contributed by atoms with Crippen LogP contribution in [0.1, 0.15) is 11.1 Å². The predicted octanol–water partition coefficient (Wildman–Crippen LogP) is 3.03. The van der Waals surface area contributed by atoms with Gasteiger partial charge in [0.05, 0.1) is 0 Å². The summed E-state index contributed by atoms with van der Waals surface area (Å²) in [7, 11) is 0. The summed E-state index contributed by atoms with van der Waals surface area (Å²) in [4.78, 5) is 0. The lowest BCUT2D eigenvalue weighted by Gasteiger charge is -2.04. The highest BCUT2D eigenvalue weighted by Gasteiger charge is 2.03. The molecule has 0 radical (unpaired) electrons. The quantitative estimate of drug-likeness (QED) is 0.764. The van der Waals surface area contributed by atoms with Crippen LogP contribution in [0.15, 0.2) is 18.2 Å². The lowest BCUT2D eigenvalue weighted by atomic mass is 10.1. The maximum atomic E-state index is 11.8. The normalized spacial score (nSPS) is 10.8. The fraction of sp³-hybridized carbons (Fsp3) is 0.333. The summed E-state index contributed by atoms with van der Waals surface area (Å²) in [6.07, 6.45) is 0. The zero-order valence-electron chi connectivity index (χ0n) is 7.26. The molecule has 0 aliphatic rings. The molecule has 1 nitrogen and oxygen atoms in total. The number of hydrogen-bond acceptors (Lipinski definition) is 2. The molecule has 0 saturated carbocycles. The Kier molecular flexibility index (Phi) is 3.54. The van der Waals surface area contributed by atoms with Gasteiger partial charge in [-0.05, 0) is 24.1 Å². The van der Waals surface area contributed by atoms with E-state index in [0.717, 1.165) is 11.1 Å². The number of rotatable bonds is 3. The minimum absolute atomic E-state index is 0.332. The molecule has 0 amide bonds. The summed E-state index contributed by atoms with van der Waals surface area (Å²) >= 11 is 0.625. The molecule has 72 valence electrons. The topological polar surface area (TPSA) is 26.0 Å². The average molecular weight is 203 g/mol. The highest BCUT2D eigenvalue weighted by Crippen LogP contribution is 2.21. The van der Waals surface area contributed by atoms with Crippen molar-refractivity contribution in [3.05, 3.63) is 29.3 Å². The molecule has 2 N–H and O–H groups in total. The fourth-order valence-corrected chi connectivity index (χ4v) is 1.48. The van der Waals surface area contributed by atoms with E-state index in [1.54, 1.807) is 12.1 Å². The number of hydrogen-bond donors (Lipinski definition) is 1. The molecule has 0 heterocycles. The third-order valence-electron chi connectivity index (χ3n) is 1.71. The Bertz CT molecular complexity index is 289. The molecule has 0 bridgehead atoms. The molecular weight excluding hydrogens is 192 g/mol. The molecule has 1 rings (SSSR count). The summed E-state index contributed by atoms with van der Waals surface area (Å²) in [5.74, 6) is -1.98. The van der Waals surface area contributed by atoms with E-state index in [9.17, 15) is 8.78 Å². The van der Waals surface area contributed by atoms with E-state index in [1.807, 2.05) is 13.0 Å². The molecule has 0 saturated heterocycles. The lowest BCUT2D eigenvalue weighted by molar-refractivity contribution is 0.252. The molecule has 1 aromatic rings. The third-order valence-corrected chi connectivity index (χ3v) is 2.46. The van der Waals surface area contributed by atoms with E-state index >= 15 is 0 Å². The molecule has 0 fully saturated rings. The largest absolute Gasteiger partial charge is 0.399 e. The summed E-state index contributed by atoms with van der Waals surface area (Å²) < 4.78 is 23.7. The number of alkyl halides is 2. The first-order valence-electron chi connectivity index (χ1n) is 3.84. The van der Waals surface area contributed by atoms with Crippen molar-refractivity contribution in [1.82, 2.24) is 0 Å². The number of benzene rings is 1. The van der Waals surface area contributed by atoms with Crippen molar-refractivity contribution in [3.63, 3.8) is 0 Å². The summed E-state index contributed by atoms with van der Waals surface area (Å²) in [5.41, 5.74) is 8.11. The second kappa shape index (κ2) is 4.46. The Morgan fingerprint density at radius 3 is 2.69 bits per heavy atom. The zero-order chi connectivity index (χ0) is 9.84. The number of nitrogens with two attached hydrogens (primary N) is 1. The first kappa shape index (κ1) is 10.3. The van der Waals surface area contributed by atoms with Crippen LogP contribution in [0.3, 0.4) is 0 Å². The van der Waals surface area contributed by atoms with E-state index in [4.69, 9.17) is 5.73 Å². The average Bonchev–Trinajstić information content (AvgIpc) is 2.07. The Balaban J connectivity index is 2.63. The Hall–Kier alpha value is -0.770. The van der Waals surface area contributed by atoms with Crippen LogP contribution in [-0.2, 0) is 5.75 Å². The Morgan fingerprint density at radius 2 is 2.15 bits per heavy atom. The van der Waals surface area contributed by atoms with Crippen LogP contribution in [-0.4, -0.2) is 5.76 Å². The number of anilines is 1. The van der Waals surface area contributed by atoms with Gasteiger partial charge in [0, 0.05) is 11.4 Å². The second-order valence-electron chi connectivity index (χ2n) is 2.76. The van der Waals surface area contributed by atoms with Crippen molar-refractivity contribution < 1.29 is 8.78 Å². The van der Waals surface area contributed by atoms with Crippen molar-refractivity contribution >= 4 is 17.4 Å². The second-order valence-corrected chi connectivity index (χ2v) is 3.74. The molecule has 1 aromatic carbocycles. The van der Waals surface area contributed by atoms with Crippen LogP contribution in [0.5, 0.6) is 0 Å². The molecular formula is C9H11F2NS. The van der Waals surface area contributed by atoms with E-state index in [0.29, 0.717) is 23.2 Å². The highest BCUT2D eigenvalue weighted by molar-refractivity contribution is 7.98. The monoisotopic (exact) mass is 203 g/mol. The molecule has 0 aliphatic carbocycles. The molecule has 0 unspecified atom stereocenters. The summed E-state index contributed by atoms with van der Waals surface area (Å²) in [6, 6.07) is 5.36. The van der Waals surface area contributed by atoms with Crippen molar-refractivity contribution in [3.8, 4) is 0 Å². The molecule has 0 spiro atoms. The third kappa shape index (κ3) is 3.22. The van der Waals surface area contributed by atoms with Crippen molar-refractivity contribution in [1.29, 1.82) is 0 Å². The first-order valence-corrected chi connectivity index (χ1v) is 4.89. The van der Waals surface area contributed by atoms with Crippen LogP contribution >= 0.6 is 11.8 Å². The molecule has 13 heavy (non-hydrogen) atoms. The SMILES string of the molecule is Cc1cc(CSC(F)F)ccc1N. The Morgan fingerprint density at radius 1 is 1.46 bits per heavy atom. The standard InChI is InChI=1S/C9H11F2NS/c1-6-4-7(2-3-8(6)12)5-13-9(10)11/h2-4,9H,5,12H2,1H3. The van der Waals surface area contributed by atoms with Crippen molar-refractivity contribution in [2.75, 3.05) is 5.73 Å². The van der Waals surface area contributed by atoms with Crippen LogP contribution in [0.4, 0.5) is 14.5 Å². The minimum atomic E-state index is -2.31. The van der Waals surface area contributed by atoms with E-state index in [1.165, 1.54) is 0 Å². The van der Waals surface area contributed by atoms with Crippen LogP contribution < -0.4 is 5.73 Å². The van der Waals surface area contributed by atoms with Crippen LogP contribution in [0, 0.1) is 6.92 Å². The predicted molar refractivity (Wildman–Crippen MR) is 52.9 cm³/mol. The minimum Gasteiger partial charge on any atom is -0.399 e. The van der Waals surface area contributed by atoms with Gasteiger partial charge in [0.25, 0.3) is 5.76 Å². The van der Waals surface area contributed by atoms with Gasteiger partial charge in [0.2, 0.25) is 0 Å². The maximum absolute atomic E-state index is 11.8. The van der Waals surface area contributed by atoms with E-state index in [2.05, 4.69) is 0 Å². The molecule has 0 atom stereocenters. The molecule has 4 heteroatoms. The molecule has 0 aliphatic heterocycles. The fourth-order valence-electron chi connectivity index (χ4n) is 0.987. The van der Waals surface area contributed by atoms with Crippen molar-refractivity contribution in [2.24, 2.45) is 0 Å². The lowest BCUT2D eigenvalue weighted by Crippen LogP contribution is -1.92. The van der Waals surface area contributed by atoms with Gasteiger partial charge >= 0.3 is 0 Å². The van der Waals surface area contributed by atoms with Gasteiger partial charge in [-0.15, -0.1) is 0 Å². The molecule has 0 aromatic heterocycles. The van der Waals surface area contributed by atoms with Crippen LogP contribution in [0.2, 0.25) is 0 Å². The van der Waals surface area contributed by atoms with Gasteiger partial charge in [-0.25, -0.2) is 0 Å². The Labute approximate surface area is 80.3 Å². The van der Waals surface area contributed by atoms with Crippen molar-refractivity contribution in [2.45, 2.75) is 18.4 Å². The van der Waals surface area contributed by atoms with E-state index < -0.39 is 5.76 Å². The summed E-state index contributed by atoms with van der Waals surface area (Å²) in [6.45, 7) is 1.87. The number of nitrogen functional groups attached to an aromatic ring is 1. The number of aryl methyl sites for hydroxylation is 1. The van der Waals surface area contributed by atoms with Gasteiger partial charge in [-0.2, -0.15) is 8.78 Å². The highest BCUT2D eigenvalue weighted by atomic mass is 32.2. The summed E-state index contributed by atoms with van der Waals surface area (Å²) in [5, 5.41) is 0. The van der Waals surface area contributed by atoms with Gasteiger partial charge in [-0.1, -0.05) is 23.9 Å². The first-order chi connectivity index (χ1) is 6.09. The van der Waals surface area contributed by atoms with Gasteiger partial charge in [0.1, 0.15) is 0 Å². The number of thioether (sulfide) groups is 1. The van der Waals surface area contributed by atoms with E-state index in [-0.39, 0.29) is 0 Å².